The van der Waals surface area contributed by atoms with Gasteiger partial charge < -0.3 is 9.30 Å². The van der Waals surface area contributed by atoms with Crippen LogP contribution in [0.15, 0.2) is 55.0 Å². The van der Waals surface area contributed by atoms with Gasteiger partial charge in [-0.1, -0.05) is 0 Å². The molecule has 0 amide bonds. The Morgan fingerprint density at radius 1 is 1.29 bits per heavy atom. The molecule has 1 aromatic carbocycles. The highest BCUT2D eigenvalue weighted by molar-refractivity contribution is 5.88. The molecule has 0 radical (unpaired) electrons. The zero-order valence-corrected chi connectivity index (χ0v) is 12.8. The van der Waals surface area contributed by atoms with Crippen molar-refractivity contribution in [3.63, 3.8) is 0 Å². The first-order valence-corrected chi connectivity index (χ1v) is 7.45. The Balaban J connectivity index is 1.56. The summed E-state index contributed by atoms with van der Waals surface area (Å²) in [7, 11) is 0. The summed E-state index contributed by atoms with van der Waals surface area (Å²) in [4.78, 5) is 26.0. The summed E-state index contributed by atoms with van der Waals surface area (Å²) in [5, 5.41) is 11.6. The predicted molar refractivity (Wildman–Crippen MR) is 87.7 cm³/mol. The standard InChI is InChI=1S/C17H15N3O4/c21-17(14-3-1-7-18-12-14)24-10-2-8-19-9-6-13-11-15(20(22)23)4-5-16(13)19/h1,3-7,9,11-12H,2,8,10H2. The van der Waals surface area contributed by atoms with Crippen molar-refractivity contribution in [3.8, 4) is 0 Å². The van der Waals surface area contributed by atoms with Crippen LogP contribution in [0.1, 0.15) is 16.8 Å². The summed E-state index contributed by atoms with van der Waals surface area (Å²) < 4.78 is 7.19. The second-order valence-corrected chi connectivity index (χ2v) is 5.24. The zero-order chi connectivity index (χ0) is 16.9. The molecule has 3 aromatic rings. The van der Waals surface area contributed by atoms with E-state index in [2.05, 4.69) is 4.98 Å². The van der Waals surface area contributed by atoms with Crippen LogP contribution in [0.5, 0.6) is 0 Å². The van der Waals surface area contributed by atoms with Gasteiger partial charge in [0.1, 0.15) is 0 Å². The molecule has 7 heteroatoms. The molecule has 7 nitrogen and oxygen atoms in total. The predicted octanol–water partition coefficient (Wildman–Crippen LogP) is 3.19. The van der Waals surface area contributed by atoms with E-state index in [9.17, 15) is 14.9 Å². The van der Waals surface area contributed by atoms with E-state index < -0.39 is 10.9 Å². The first-order valence-electron chi connectivity index (χ1n) is 7.45. The fourth-order valence-electron chi connectivity index (χ4n) is 2.46. The van der Waals surface area contributed by atoms with Gasteiger partial charge in [0.25, 0.3) is 5.69 Å². The highest BCUT2D eigenvalue weighted by Gasteiger charge is 2.09. The maximum atomic E-state index is 11.8. The average molecular weight is 325 g/mol. The molecule has 0 bridgehead atoms. The number of aromatic nitrogens is 2. The lowest BCUT2D eigenvalue weighted by Crippen LogP contribution is -2.08. The van der Waals surface area contributed by atoms with Crippen molar-refractivity contribution in [2.75, 3.05) is 6.61 Å². The smallest absolute Gasteiger partial charge is 0.339 e. The van der Waals surface area contributed by atoms with Crippen LogP contribution in [-0.4, -0.2) is 27.1 Å². The molecule has 0 saturated carbocycles. The number of nitro benzene ring substituents is 1. The average Bonchev–Trinajstić information content (AvgIpc) is 3.01. The third-order valence-corrected chi connectivity index (χ3v) is 3.64. The third kappa shape index (κ3) is 3.40. The normalized spacial score (nSPS) is 10.7. The van der Waals surface area contributed by atoms with Gasteiger partial charge in [0, 0.05) is 48.2 Å². The van der Waals surface area contributed by atoms with Gasteiger partial charge >= 0.3 is 5.97 Å². The number of non-ortho nitro benzene ring substituents is 1. The number of esters is 1. The number of fused-ring (bicyclic) bond motifs is 1. The molecule has 0 fully saturated rings. The van der Waals surface area contributed by atoms with Gasteiger partial charge in [-0.3, -0.25) is 15.1 Å². The highest BCUT2D eigenvalue weighted by Crippen LogP contribution is 2.22. The van der Waals surface area contributed by atoms with Crippen LogP contribution in [-0.2, 0) is 11.3 Å². The number of carbonyl (C=O) groups excluding carboxylic acids is 1. The molecule has 0 unspecified atom stereocenters. The minimum atomic E-state index is -0.408. The van der Waals surface area contributed by atoms with E-state index in [0.717, 1.165) is 10.9 Å². The Kier molecular flexibility index (Phi) is 4.51. The van der Waals surface area contributed by atoms with Crippen LogP contribution in [0, 0.1) is 10.1 Å². The van der Waals surface area contributed by atoms with Crippen molar-refractivity contribution >= 4 is 22.6 Å². The summed E-state index contributed by atoms with van der Waals surface area (Å²) in [6.07, 6.45) is 5.58. The summed E-state index contributed by atoms with van der Waals surface area (Å²) in [5.74, 6) is -0.393. The second-order valence-electron chi connectivity index (χ2n) is 5.24. The number of rotatable bonds is 6. The number of nitro groups is 1. The number of benzene rings is 1. The number of carbonyl (C=O) groups is 1. The quantitative estimate of drug-likeness (QED) is 0.300. The fraction of sp³-hybridized carbons (Fsp3) is 0.176. The number of ether oxygens (including phenoxy) is 1. The molecule has 24 heavy (non-hydrogen) atoms. The molecule has 0 aliphatic rings. The summed E-state index contributed by atoms with van der Waals surface area (Å²) >= 11 is 0. The largest absolute Gasteiger partial charge is 0.462 e. The van der Waals surface area contributed by atoms with Gasteiger partial charge in [0.15, 0.2) is 0 Å². The molecule has 0 aliphatic heterocycles. The number of aryl methyl sites for hydroxylation is 1. The molecular weight excluding hydrogens is 310 g/mol. The minimum Gasteiger partial charge on any atom is -0.462 e. The van der Waals surface area contributed by atoms with Gasteiger partial charge in [-0.05, 0) is 30.7 Å². The molecule has 0 atom stereocenters. The molecular formula is C17H15N3O4. The number of hydrogen-bond acceptors (Lipinski definition) is 5. The van der Waals surface area contributed by atoms with E-state index in [1.54, 1.807) is 30.5 Å². The molecule has 0 saturated heterocycles. The van der Waals surface area contributed by atoms with Crippen LogP contribution < -0.4 is 0 Å². The van der Waals surface area contributed by atoms with E-state index in [-0.39, 0.29) is 5.69 Å². The van der Waals surface area contributed by atoms with Crippen LogP contribution in [0.3, 0.4) is 0 Å². The SMILES string of the molecule is O=C(OCCCn1ccc2cc([N+](=O)[O-])ccc21)c1cccnc1. The Morgan fingerprint density at radius 2 is 2.17 bits per heavy atom. The van der Waals surface area contributed by atoms with E-state index in [4.69, 9.17) is 4.74 Å². The molecule has 3 rings (SSSR count). The molecule has 122 valence electrons. The van der Waals surface area contributed by atoms with Crippen LogP contribution >= 0.6 is 0 Å². The Bertz CT molecular complexity index is 874. The zero-order valence-electron chi connectivity index (χ0n) is 12.8. The maximum Gasteiger partial charge on any atom is 0.339 e. The van der Waals surface area contributed by atoms with Crippen molar-refractivity contribution in [2.45, 2.75) is 13.0 Å². The van der Waals surface area contributed by atoms with E-state index in [1.807, 2.05) is 16.8 Å². The fourth-order valence-corrected chi connectivity index (χ4v) is 2.46. The van der Waals surface area contributed by atoms with Crippen LogP contribution in [0.25, 0.3) is 10.9 Å². The lowest BCUT2D eigenvalue weighted by molar-refractivity contribution is -0.384. The van der Waals surface area contributed by atoms with Gasteiger partial charge in [-0.2, -0.15) is 0 Å². The van der Waals surface area contributed by atoms with Gasteiger partial charge in [0.05, 0.1) is 17.1 Å². The molecule has 0 aliphatic carbocycles. The van der Waals surface area contributed by atoms with Gasteiger partial charge in [-0.25, -0.2) is 4.79 Å². The lowest BCUT2D eigenvalue weighted by Gasteiger charge is -2.07. The Morgan fingerprint density at radius 3 is 2.92 bits per heavy atom. The monoisotopic (exact) mass is 325 g/mol. The van der Waals surface area contributed by atoms with Gasteiger partial charge in [0.2, 0.25) is 0 Å². The summed E-state index contributed by atoms with van der Waals surface area (Å²) in [6.45, 7) is 0.946. The Hall–Kier alpha value is -3.22. The maximum absolute atomic E-state index is 11.8. The van der Waals surface area contributed by atoms with Crippen molar-refractivity contribution in [1.29, 1.82) is 0 Å². The summed E-state index contributed by atoms with van der Waals surface area (Å²) in [6, 6.07) is 9.94. The van der Waals surface area contributed by atoms with Crippen molar-refractivity contribution < 1.29 is 14.5 Å². The number of hydrogen-bond donors (Lipinski definition) is 0. The second kappa shape index (κ2) is 6.91. The summed E-state index contributed by atoms with van der Waals surface area (Å²) in [5.41, 5.74) is 1.42. The molecule has 0 N–H and O–H groups in total. The first-order chi connectivity index (χ1) is 11.6. The lowest BCUT2D eigenvalue weighted by atomic mass is 10.2. The minimum absolute atomic E-state index is 0.0747. The Labute approximate surface area is 137 Å². The van der Waals surface area contributed by atoms with Crippen LogP contribution in [0.2, 0.25) is 0 Å². The number of pyridine rings is 1. The van der Waals surface area contributed by atoms with E-state index in [1.165, 1.54) is 12.3 Å². The molecule has 2 aromatic heterocycles. The van der Waals surface area contributed by atoms with Crippen molar-refractivity contribution in [1.82, 2.24) is 9.55 Å². The first kappa shape index (κ1) is 15.7. The van der Waals surface area contributed by atoms with E-state index in [0.29, 0.717) is 25.1 Å². The van der Waals surface area contributed by atoms with Crippen LogP contribution in [0.4, 0.5) is 5.69 Å². The third-order valence-electron chi connectivity index (χ3n) is 3.64. The molecule has 0 spiro atoms. The van der Waals surface area contributed by atoms with Crippen molar-refractivity contribution in [2.24, 2.45) is 0 Å². The van der Waals surface area contributed by atoms with Crippen molar-refractivity contribution in [3.05, 3.63) is 70.7 Å². The van der Waals surface area contributed by atoms with Gasteiger partial charge in [-0.15, -0.1) is 0 Å². The van der Waals surface area contributed by atoms with E-state index >= 15 is 0 Å². The topological polar surface area (TPSA) is 87.3 Å². The highest BCUT2D eigenvalue weighted by atomic mass is 16.6. The number of nitrogens with zero attached hydrogens (tertiary/aromatic N) is 3. The molecule has 2 heterocycles.